The van der Waals surface area contributed by atoms with Crippen molar-refractivity contribution in [2.75, 3.05) is 0 Å². The Morgan fingerprint density at radius 3 is 1.94 bits per heavy atom. The zero-order chi connectivity index (χ0) is 11.5. The first-order valence-electron chi connectivity index (χ1n) is 5.56. The van der Waals surface area contributed by atoms with Crippen molar-refractivity contribution >= 4 is 0 Å². The van der Waals surface area contributed by atoms with Crippen LogP contribution in [-0.4, -0.2) is 9.97 Å². The Morgan fingerprint density at radius 1 is 0.875 bits per heavy atom. The lowest BCUT2D eigenvalue weighted by Crippen LogP contribution is -1.89. The summed E-state index contributed by atoms with van der Waals surface area (Å²) < 4.78 is 0. The molecule has 2 rings (SSSR count). The SMILES string of the molecule is Cc1ncc(-c2ccc(C(C)C)cc2)cn1. The van der Waals surface area contributed by atoms with Gasteiger partial charge in [-0.3, -0.25) is 0 Å². The molecule has 0 aliphatic heterocycles. The van der Waals surface area contributed by atoms with Crippen LogP contribution in [0.3, 0.4) is 0 Å². The predicted octanol–water partition coefficient (Wildman–Crippen LogP) is 3.58. The third-order valence-corrected chi connectivity index (χ3v) is 2.69. The highest BCUT2D eigenvalue weighted by atomic mass is 14.8. The smallest absolute Gasteiger partial charge is 0.125 e. The van der Waals surface area contributed by atoms with Gasteiger partial charge in [-0.1, -0.05) is 38.1 Å². The minimum Gasteiger partial charge on any atom is -0.241 e. The van der Waals surface area contributed by atoms with Crippen molar-refractivity contribution in [3.05, 3.63) is 48.0 Å². The Hall–Kier alpha value is -1.70. The standard InChI is InChI=1S/C14H16N2/c1-10(2)12-4-6-13(7-5-12)14-8-15-11(3)16-9-14/h4-10H,1-3H3. The van der Waals surface area contributed by atoms with E-state index >= 15 is 0 Å². The van der Waals surface area contributed by atoms with E-state index in [4.69, 9.17) is 0 Å². The maximum atomic E-state index is 4.20. The molecule has 0 unspecified atom stereocenters. The molecule has 1 aromatic heterocycles. The molecule has 0 N–H and O–H groups in total. The van der Waals surface area contributed by atoms with Gasteiger partial charge in [0.1, 0.15) is 5.82 Å². The second-order valence-corrected chi connectivity index (χ2v) is 4.30. The number of rotatable bonds is 2. The van der Waals surface area contributed by atoms with Gasteiger partial charge in [-0.2, -0.15) is 0 Å². The minimum atomic E-state index is 0.573. The normalized spacial score (nSPS) is 10.8. The zero-order valence-electron chi connectivity index (χ0n) is 9.94. The first-order chi connectivity index (χ1) is 7.66. The Morgan fingerprint density at radius 2 is 1.44 bits per heavy atom. The van der Waals surface area contributed by atoms with Crippen LogP contribution in [0.1, 0.15) is 31.2 Å². The van der Waals surface area contributed by atoms with Gasteiger partial charge in [-0.25, -0.2) is 9.97 Å². The minimum absolute atomic E-state index is 0.573. The molecule has 1 aromatic carbocycles. The largest absolute Gasteiger partial charge is 0.241 e. The highest BCUT2D eigenvalue weighted by molar-refractivity contribution is 5.61. The van der Waals surface area contributed by atoms with Crippen molar-refractivity contribution in [3.63, 3.8) is 0 Å². The Kier molecular flexibility index (Phi) is 3.00. The van der Waals surface area contributed by atoms with E-state index in [2.05, 4.69) is 48.1 Å². The molecule has 0 aliphatic carbocycles. The topological polar surface area (TPSA) is 25.8 Å². The molecule has 0 spiro atoms. The van der Waals surface area contributed by atoms with Crippen LogP contribution >= 0.6 is 0 Å². The molecule has 0 aliphatic rings. The van der Waals surface area contributed by atoms with Gasteiger partial charge in [-0.15, -0.1) is 0 Å². The fourth-order valence-corrected chi connectivity index (χ4v) is 1.60. The van der Waals surface area contributed by atoms with Crippen LogP contribution in [0.25, 0.3) is 11.1 Å². The molecule has 0 atom stereocenters. The van der Waals surface area contributed by atoms with Gasteiger partial charge in [0.2, 0.25) is 0 Å². The summed E-state index contributed by atoms with van der Waals surface area (Å²) in [6, 6.07) is 8.59. The van der Waals surface area contributed by atoms with Crippen molar-refractivity contribution in [3.8, 4) is 11.1 Å². The molecule has 2 aromatic rings. The summed E-state index contributed by atoms with van der Waals surface area (Å²) in [5, 5.41) is 0. The predicted molar refractivity (Wildman–Crippen MR) is 66.3 cm³/mol. The molecule has 0 saturated carbocycles. The van der Waals surface area contributed by atoms with Crippen molar-refractivity contribution in [2.45, 2.75) is 26.7 Å². The van der Waals surface area contributed by atoms with Crippen LogP contribution in [0.2, 0.25) is 0 Å². The second-order valence-electron chi connectivity index (χ2n) is 4.30. The zero-order valence-corrected chi connectivity index (χ0v) is 9.94. The maximum absolute atomic E-state index is 4.20. The third-order valence-electron chi connectivity index (χ3n) is 2.69. The molecule has 2 nitrogen and oxygen atoms in total. The lowest BCUT2D eigenvalue weighted by Gasteiger charge is -2.06. The van der Waals surface area contributed by atoms with E-state index < -0.39 is 0 Å². The van der Waals surface area contributed by atoms with Crippen molar-refractivity contribution < 1.29 is 0 Å². The fourth-order valence-electron chi connectivity index (χ4n) is 1.60. The van der Waals surface area contributed by atoms with Gasteiger partial charge in [0.25, 0.3) is 0 Å². The maximum Gasteiger partial charge on any atom is 0.125 e. The third kappa shape index (κ3) is 2.27. The van der Waals surface area contributed by atoms with Crippen LogP contribution < -0.4 is 0 Å². The molecule has 16 heavy (non-hydrogen) atoms. The van der Waals surface area contributed by atoms with Crippen LogP contribution in [0.15, 0.2) is 36.7 Å². The molecule has 0 saturated heterocycles. The summed E-state index contributed by atoms with van der Waals surface area (Å²) in [6.45, 7) is 6.29. The van der Waals surface area contributed by atoms with Gasteiger partial charge >= 0.3 is 0 Å². The second kappa shape index (κ2) is 4.44. The first-order valence-corrected chi connectivity index (χ1v) is 5.56. The monoisotopic (exact) mass is 212 g/mol. The summed E-state index contributed by atoms with van der Waals surface area (Å²) >= 11 is 0. The number of aryl methyl sites for hydroxylation is 1. The van der Waals surface area contributed by atoms with Crippen LogP contribution in [0.4, 0.5) is 0 Å². The molecule has 1 heterocycles. The summed E-state index contributed by atoms with van der Waals surface area (Å²) in [6.07, 6.45) is 3.74. The van der Waals surface area contributed by atoms with E-state index in [0.717, 1.165) is 11.4 Å². The van der Waals surface area contributed by atoms with E-state index in [-0.39, 0.29) is 0 Å². The van der Waals surface area contributed by atoms with Gasteiger partial charge < -0.3 is 0 Å². The van der Waals surface area contributed by atoms with Crippen molar-refractivity contribution in [1.82, 2.24) is 9.97 Å². The van der Waals surface area contributed by atoms with E-state index in [0.29, 0.717) is 5.92 Å². The van der Waals surface area contributed by atoms with E-state index in [1.807, 2.05) is 19.3 Å². The number of hydrogen-bond acceptors (Lipinski definition) is 2. The molecule has 2 heteroatoms. The number of hydrogen-bond donors (Lipinski definition) is 0. The Bertz CT molecular complexity index is 455. The average Bonchev–Trinajstić information content (AvgIpc) is 2.30. The quantitative estimate of drug-likeness (QED) is 0.760. The first kappa shape index (κ1) is 10.8. The van der Waals surface area contributed by atoms with E-state index in [1.54, 1.807) is 0 Å². The molecule has 0 fully saturated rings. The summed E-state index contributed by atoms with van der Waals surface area (Å²) in [4.78, 5) is 8.40. The van der Waals surface area contributed by atoms with E-state index in [1.165, 1.54) is 11.1 Å². The lowest BCUT2D eigenvalue weighted by atomic mass is 10.00. The van der Waals surface area contributed by atoms with Gasteiger partial charge in [-0.05, 0) is 24.0 Å². The highest BCUT2D eigenvalue weighted by Crippen LogP contribution is 2.21. The van der Waals surface area contributed by atoms with Gasteiger partial charge in [0, 0.05) is 18.0 Å². The van der Waals surface area contributed by atoms with Crippen LogP contribution in [0.5, 0.6) is 0 Å². The number of aromatic nitrogens is 2. The van der Waals surface area contributed by atoms with Crippen molar-refractivity contribution in [1.29, 1.82) is 0 Å². The van der Waals surface area contributed by atoms with Crippen molar-refractivity contribution in [2.24, 2.45) is 0 Å². The summed E-state index contributed by atoms with van der Waals surface area (Å²) in [5.41, 5.74) is 3.60. The Labute approximate surface area is 96.4 Å². The molecular weight excluding hydrogens is 196 g/mol. The Balaban J connectivity index is 2.31. The number of benzene rings is 1. The molecule has 82 valence electrons. The molecular formula is C14H16N2. The molecule has 0 radical (unpaired) electrons. The fraction of sp³-hybridized carbons (Fsp3) is 0.286. The van der Waals surface area contributed by atoms with Crippen LogP contribution in [0, 0.1) is 6.92 Å². The summed E-state index contributed by atoms with van der Waals surface area (Å²) in [7, 11) is 0. The average molecular weight is 212 g/mol. The lowest BCUT2D eigenvalue weighted by molar-refractivity contribution is 0.867. The molecule has 0 bridgehead atoms. The highest BCUT2D eigenvalue weighted by Gasteiger charge is 2.01. The van der Waals surface area contributed by atoms with E-state index in [9.17, 15) is 0 Å². The number of nitrogens with zero attached hydrogens (tertiary/aromatic N) is 2. The van der Waals surface area contributed by atoms with Gasteiger partial charge in [0.05, 0.1) is 0 Å². The summed E-state index contributed by atoms with van der Waals surface area (Å²) in [5.74, 6) is 1.38. The molecule has 0 amide bonds. The van der Waals surface area contributed by atoms with Gasteiger partial charge in [0.15, 0.2) is 0 Å². The van der Waals surface area contributed by atoms with Crippen LogP contribution in [-0.2, 0) is 0 Å².